The lowest BCUT2D eigenvalue weighted by molar-refractivity contribution is -0.118. The van der Waals surface area contributed by atoms with E-state index in [1.807, 2.05) is 0 Å². The van der Waals surface area contributed by atoms with Gasteiger partial charge in [-0.1, -0.05) is 23.4 Å². The molecule has 3 nitrogen and oxygen atoms in total. The van der Waals surface area contributed by atoms with Crippen molar-refractivity contribution in [2.45, 2.75) is 6.92 Å². The lowest BCUT2D eigenvalue weighted by Crippen LogP contribution is -2.19. The first-order valence-corrected chi connectivity index (χ1v) is 4.68. The van der Waals surface area contributed by atoms with Gasteiger partial charge in [-0.15, -0.1) is 0 Å². The summed E-state index contributed by atoms with van der Waals surface area (Å²) in [5.41, 5.74) is 0.616. The molecule has 0 aliphatic carbocycles. The Bertz CT molecular complexity index is 412. The number of halogens is 1. The average Bonchev–Trinajstić information content (AvgIpc) is 2.10. The molecular formula is C11H10ClNO2. The summed E-state index contributed by atoms with van der Waals surface area (Å²) in [4.78, 5) is 10.5. The number of nitrogens with one attached hydrogen (secondary N) is 1. The van der Waals surface area contributed by atoms with E-state index in [1.54, 1.807) is 6.07 Å². The highest BCUT2D eigenvalue weighted by Gasteiger charge is 1.94. The smallest absolute Gasteiger partial charge is 0.217 e. The van der Waals surface area contributed by atoms with Crippen LogP contribution in [0.5, 0.6) is 5.75 Å². The SMILES string of the molecule is CC(=O)NCC#Cc1cc(O)cc(Cl)c1. The molecule has 0 saturated heterocycles. The molecule has 2 N–H and O–H groups in total. The number of rotatable bonds is 1. The standard InChI is InChI=1S/C11H10ClNO2/c1-8(14)13-4-2-3-9-5-10(12)7-11(15)6-9/h5-7,15H,4H2,1H3,(H,13,14). The van der Waals surface area contributed by atoms with Crippen LogP contribution in [0.4, 0.5) is 0 Å². The molecule has 0 bridgehead atoms. The summed E-state index contributed by atoms with van der Waals surface area (Å²) in [5.74, 6) is 5.46. The molecule has 0 unspecified atom stereocenters. The van der Waals surface area contributed by atoms with Gasteiger partial charge in [-0.25, -0.2) is 0 Å². The third-order valence-electron chi connectivity index (χ3n) is 1.54. The zero-order valence-electron chi connectivity index (χ0n) is 8.17. The van der Waals surface area contributed by atoms with Gasteiger partial charge in [0.15, 0.2) is 0 Å². The zero-order chi connectivity index (χ0) is 11.3. The highest BCUT2D eigenvalue weighted by Crippen LogP contribution is 2.18. The van der Waals surface area contributed by atoms with Crippen LogP contribution in [0.25, 0.3) is 0 Å². The third-order valence-corrected chi connectivity index (χ3v) is 1.76. The van der Waals surface area contributed by atoms with Crippen molar-refractivity contribution in [2.24, 2.45) is 0 Å². The zero-order valence-corrected chi connectivity index (χ0v) is 8.93. The van der Waals surface area contributed by atoms with E-state index in [-0.39, 0.29) is 18.2 Å². The van der Waals surface area contributed by atoms with Gasteiger partial charge in [0, 0.05) is 17.5 Å². The number of hydrogen-bond acceptors (Lipinski definition) is 2. The summed E-state index contributed by atoms with van der Waals surface area (Å²) >= 11 is 5.72. The third kappa shape index (κ3) is 4.39. The topological polar surface area (TPSA) is 49.3 Å². The number of carbonyl (C=O) groups excluding carboxylic acids is 1. The fourth-order valence-electron chi connectivity index (χ4n) is 0.961. The maximum Gasteiger partial charge on any atom is 0.217 e. The Morgan fingerprint density at radius 1 is 1.53 bits per heavy atom. The van der Waals surface area contributed by atoms with Gasteiger partial charge in [0.1, 0.15) is 5.75 Å². The van der Waals surface area contributed by atoms with E-state index >= 15 is 0 Å². The number of carbonyl (C=O) groups is 1. The van der Waals surface area contributed by atoms with E-state index in [2.05, 4.69) is 17.2 Å². The molecule has 78 valence electrons. The van der Waals surface area contributed by atoms with Crippen molar-refractivity contribution in [3.63, 3.8) is 0 Å². The fraction of sp³-hybridized carbons (Fsp3) is 0.182. The quantitative estimate of drug-likeness (QED) is 0.710. The largest absolute Gasteiger partial charge is 0.508 e. The average molecular weight is 224 g/mol. The maximum atomic E-state index is 10.5. The Morgan fingerprint density at radius 2 is 2.27 bits per heavy atom. The minimum atomic E-state index is -0.127. The summed E-state index contributed by atoms with van der Waals surface area (Å²) in [5, 5.41) is 12.2. The van der Waals surface area contributed by atoms with E-state index in [1.165, 1.54) is 19.1 Å². The number of benzene rings is 1. The Kier molecular flexibility index (Phi) is 4.02. The molecule has 1 rings (SSSR count). The summed E-state index contributed by atoms with van der Waals surface area (Å²) in [6, 6.07) is 4.58. The normalized spacial score (nSPS) is 8.93. The van der Waals surface area contributed by atoms with Crippen LogP contribution in [0.2, 0.25) is 5.02 Å². The first-order valence-electron chi connectivity index (χ1n) is 4.31. The lowest BCUT2D eigenvalue weighted by atomic mass is 10.2. The van der Waals surface area contributed by atoms with E-state index in [0.29, 0.717) is 10.6 Å². The molecule has 15 heavy (non-hydrogen) atoms. The first kappa shape index (κ1) is 11.4. The lowest BCUT2D eigenvalue weighted by Gasteiger charge is -1.95. The van der Waals surface area contributed by atoms with Gasteiger partial charge in [-0.2, -0.15) is 0 Å². The first-order chi connectivity index (χ1) is 7.08. The Balaban J connectivity index is 2.67. The molecule has 0 aliphatic heterocycles. The van der Waals surface area contributed by atoms with Crippen LogP contribution in [-0.4, -0.2) is 17.6 Å². The monoisotopic (exact) mass is 223 g/mol. The van der Waals surface area contributed by atoms with Gasteiger partial charge in [-0.05, 0) is 18.2 Å². The Hall–Kier alpha value is -1.66. The molecule has 1 aromatic carbocycles. The van der Waals surface area contributed by atoms with Crippen molar-refractivity contribution >= 4 is 17.5 Å². The summed E-state index contributed by atoms with van der Waals surface area (Å²) in [6.45, 7) is 1.70. The molecule has 0 aromatic heterocycles. The van der Waals surface area contributed by atoms with Crippen LogP contribution < -0.4 is 5.32 Å². The van der Waals surface area contributed by atoms with Crippen molar-refractivity contribution in [1.29, 1.82) is 0 Å². The molecule has 0 fully saturated rings. The van der Waals surface area contributed by atoms with Gasteiger partial charge < -0.3 is 10.4 Å². The second kappa shape index (κ2) is 5.28. The van der Waals surface area contributed by atoms with Crippen molar-refractivity contribution < 1.29 is 9.90 Å². The van der Waals surface area contributed by atoms with Gasteiger partial charge >= 0.3 is 0 Å². The summed E-state index contributed by atoms with van der Waals surface area (Å²) < 4.78 is 0. The number of aromatic hydroxyl groups is 1. The highest BCUT2D eigenvalue weighted by atomic mass is 35.5. The van der Waals surface area contributed by atoms with Crippen molar-refractivity contribution in [3.8, 4) is 17.6 Å². The van der Waals surface area contributed by atoms with E-state index in [4.69, 9.17) is 11.6 Å². The Morgan fingerprint density at radius 3 is 2.87 bits per heavy atom. The Labute approximate surface area is 93.1 Å². The van der Waals surface area contributed by atoms with Crippen LogP contribution in [0, 0.1) is 11.8 Å². The molecule has 1 amide bonds. The van der Waals surface area contributed by atoms with Gasteiger partial charge in [0.25, 0.3) is 0 Å². The summed E-state index contributed by atoms with van der Waals surface area (Å²) in [6.07, 6.45) is 0. The van der Waals surface area contributed by atoms with Crippen LogP contribution >= 0.6 is 11.6 Å². The fourth-order valence-corrected chi connectivity index (χ4v) is 1.19. The predicted octanol–water partition coefficient (Wildman–Crippen LogP) is 1.53. The molecular weight excluding hydrogens is 214 g/mol. The molecule has 0 atom stereocenters. The van der Waals surface area contributed by atoms with Gasteiger partial charge in [-0.3, -0.25) is 4.79 Å². The van der Waals surface area contributed by atoms with E-state index in [9.17, 15) is 9.90 Å². The number of hydrogen-bond donors (Lipinski definition) is 2. The molecule has 0 heterocycles. The highest BCUT2D eigenvalue weighted by molar-refractivity contribution is 6.30. The molecule has 0 saturated carbocycles. The molecule has 0 aliphatic rings. The van der Waals surface area contributed by atoms with Crippen LogP contribution in [0.1, 0.15) is 12.5 Å². The second-order valence-electron chi connectivity index (χ2n) is 2.91. The summed E-state index contributed by atoms with van der Waals surface area (Å²) in [7, 11) is 0. The van der Waals surface area contributed by atoms with Gasteiger partial charge in [0.05, 0.1) is 6.54 Å². The van der Waals surface area contributed by atoms with E-state index in [0.717, 1.165) is 0 Å². The minimum Gasteiger partial charge on any atom is -0.508 e. The van der Waals surface area contributed by atoms with Crippen molar-refractivity contribution in [3.05, 3.63) is 28.8 Å². The molecule has 4 heteroatoms. The second-order valence-corrected chi connectivity index (χ2v) is 3.35. The molecule has 1 aromatic rings. The van der Waals surface area contributed by atoms with Crippen molar-refractivity contribution in [2.75, 3.05) is 6.54 Å². The van der Waals surface area contributed by atoms with Gasteiger partial charge in [0.2, 0.25) is 5.91 Å². The van der Waals surface area contributed by atoms with Crippen LogP contribution in [0.3, 0.4) is 0 Å². The molecule has 0 radical (unpaired) electrons. The number of amides is 1. The van der Waals surface area contributed by atoms with Crippen LogP contribution in [0.15, 0.2) is 18.2 Å². The number of phenols is 1. The minimum absolute atomic E-state index is 0.0753. The molecule has 0 spiro atoms. The number of phenolic OH excluding ortho intramolecular Hbond substituents is 1. The van der Waals surface area contributed by atoms with Crippen molar-refractivity contribution in [1.82, 2.24) is 5.32 Å². The van der Waals surface area contributed by atoms with E-state index < -0.39 is 0 Å². The predicted molar refractivity (Wildman–Crippen MR) is 58.7 cm³/mol. The van der Waals surface area contributed by atoms with Crippen LogP contribution in [-0.2, 0) is 4.79 Å². The maximum absolute atomic E-state index is 10.5.